The van der Waals surface area contributed by atoms with Crippen LogP contribution in [0.25, 0.3) is 11.3 Å². The average molecular weight is 395 g/mol. The molecule has 2 N–H and O–H groups in total. The number of hydrazine groups is 1. The zero-order valence-electron chi connectivity index (χ0n) is 16.5. The van der Waals surface area contributed by atoms with Crippen LogP contribution in [0.4, 0.5) is 11.6 Å². The van der Waals surface area contributed by atoms with Crippen molar-refractivity contribution in [3.8, 4) is 5.75 Å². The number of hydrogen-bond donors (Lipinski definition) is 2. The summed E-state index contributed by atoms with van der Waals surface area (Å²) in [6.45, 7) is 0. The van der Waals surface area contributed by atoms with Gasteiger partial charge in [0.05, 0.1) is 24.5 Å². The molecule has 30 heavy (non-hydrogen) atoms. The van der Waals surface area contributed by atoms with E-state index in [2.05, 4.69) is 45.0 Å². The maximum absolute atomic E-state index is 5.30. The number of allylic oxidation sites excluding steroid dienone is 2. The van der Waals surface area contributed by atoms with Crippen molar-refractivity contribution < 1.29 is 4.74 Å². The van der Waals surface area contributed by atoms with Crippen molar-refractivity contribution >= 4 is 22.9 Å². The van der Waals surface area contributed by atoms with Crippen LogP contribution in [0.5, 0.6) is 5.75 Å². The molecule has 6 heteroatoms. The van der Waals surface area contributed by atoms with Crippen molar-refractivity contribution in [2.75, 3.05) is 12.4 Å². The fraction of sp³-hybridized carbons (Fsp3) is 0.0833. The first kappa shape index (κ1) is 18.0. The number of aromatic nitrogens is 2. The Morgan fingerprint density at radius 2 is 1.93 bits per heavy atom. The molecule has 3 heterocycles. The number of anilines is 2. The van der Waals surface area contributed by atoms with E-state index in [1.165, 1.54) is 0 Å². The molecule has 0 fully saturated rings. The Morgan fingerprint density at radius 1 is 1.03 bits per heavy atom. The summed E-state index contributed by atoms with van der Waals surface area (Å²) in [5.41, 5.74) is 8.53. The number of nitrogens with zero attached hydrogens (tertiary/aromatic N) is 3. The van der Waals surface area contributed by atoms with E-state index in [0.29, 0.717) is 5.95 Å². The van der Waals surface area contributed by atoms with Gasteiger partial charge in [0.2, 0.25) is 5.95 Å². The van der Waals surface area contributed by atoms with E-state index >= 15 is 0 Å². The predicted molar refractivity (Wildman–Crippen MR) is 119 cm³/mol. The second-order valence-electron chi connectivity index (χ2n) is 6.97. The quantitative estimate of drug-likeness (QED) is 0.669. The van der Waals surface area contributed by atoms with E-state index < -0.39 is 0 Å². The number of benzene rings is 2. The predicted octanol–water partition coefficient (Wildman–Crippen LogP) is 4.37. The molecule has 0 radical (unpaired) electrons. The molecule has 0 amide bonds. The molecule has 1 atom stereocenters. The molecule has 6 nitrogen and oxygen atoms in total. The molecule has 2 aromatic carbocycles. The van der Waals surface area contributed by atoms with Crippen LogP contribution < -0.4 is 15.5 Å². The topological polar surface area (TPSA) is 62.3 Å². The van der Waals surface area contributed by atoms with Crippen LogP contribution in [-0.2, 0) is 0 Å². The first-order valence-corrected chi connectivity index (χ1v) is 9.76. The van der Waals surface area contributed by atoms with Crippen molar-refractivity contribution in [2.24, 2.45) is 0 Å². The van der Waals surface area contributed by atoms with Crippen LogP contribution in [-0.4, -0.2) is 28.1 Å². The summed E-state index contributed by atoms with van der Waals surface area (Å²) in [4.78, 5) is 9.24. The summed E-state index contributed by atoms with van der Waals surface area (Å²) in [6.07, 6.45) is 10.1. The van der Waals surface area contributed by atoms with Crippen molar-refractivity contribution in [1.29, 1.82) is 0 Å². The molecule has 0 spiro atoms. The molecule has 1 aromatic heterocycles. The van der Waals surface area contributed by atoms with Gasteiger partial charge in [-0.25, -0.2) is 9.97 Å². The Hall–Kier alpha value is -4.06. The van der Waals surface area contributed by atoms with E-state index in [1.54, 1.807) is 13.3 Å². The van der Waals surface area contributed by atoms with Crippen LogP contribution in [0.15, 0.2) is 91.3 Å². The number of methoxy groups -OCH3 is 1. The summed E-state index contributed by atoms with van der Waals surface area (Å²) >= 11 is 0. The Labute approximate surface area is 175 Å². The number of ether oxygens (including phenoxy) is 1. The molecule has 2 aliphatic rings. The minimum absolute atomic E-state index is 0.0600. The summed E-state index contributed by atoms with van der Waals surface area (Å²) in [6, 6.07) is 20.0. The van der Waals surface area contributed by atoms with Gasteiger partial charge in [-0.15, -0.1) is 0 Å². The molecule has 3 aromatic rings. The Bertz CT molecular complexity index is 1150. The van der Waals surface area contributed by atoms with Gasteiger partial charge in [-0.2, -0.15) is 0 Å². The monoisotopic (exact) mass is 395 g/mol. The van der Waals surface area contributed by atoms with Gasteiger partial charge in [0.15, 0.2) is 0 Å². The standard InChI is InChI=1S/C24H21N5O/c1-30-19-11-7-10-18(16-19)26-24-25-14-13-20(27-24)22-21-12-5-6-15-29(21)28-23(22)17-8-3-2-4-9-17/h2-16,21,28H,1H3,(H,25,26,27). The van der Waals surface area contributed by atoms with Gasteiger partial charge in [-0.3, -0.25) is 10.4 Å². The highest BCUT2D eigenvalue weighted by Gasteiger charge is 2.32. The van der Waals surface area contributed by atoms with Gasteiger partial charge >= 0.3 is 0 Å². The lowest BCUT2D eigenvalue weighted by molar-refractivity contribution is 0.333. The molecule has 1 unspecified atom stereocenters. The zero-order valence-corrected chi connectivity index (χ0v) is 16.5. The molecule has 5 rings (SSSR count). The Balaban J connectivity index is 1.54. The molecule has 0 aliphatic carbocycles. The average Bonchev–Trinajstić information content (AvgIpc) is 3.20. The van der Waals surface area contributed by atoms with E-state index in [4.69, 9.17) is 9.72 Å². The molecular weight excluding hydrogens is 374 g/mol. The van der Waals surface area contributed by atoms with E-state index in [1.807, 2.05) is 60.8 Å². The third-order valence-electron chi connectivity index (χ3n) is 5.08. The maximum Gasteiger partial charge on any atom is 0.227 e. The van der Waals surface area contributed by atoms with Gasteiger partial charge in [0.25, 0.3) is 0 Å². The van der Waals surface area contributed by atoms with Gasteiger partial charge in [0, 0.05) is 29.7 Å². The SMILES string of the molecule is COc1cccc(Nc2nccc(C3=C(c4ccccc4)NN4C=CC=CC34)n2)c1. The zero-order chi connectivity index (χ0) is 20.3. The molecular formula is C24H21N5O. The highest BCUT2D eigenvalue weighted by atomic mass is 16.5. The number of rotatable bonds is 5. The summed E-state index contributed by atoms with van der Waals surface area (Å²) < 4.78 is 5.30. The van der Waals surface area contributed by atoms with E-state index in [-0.39, 0.29) is 6.04 Å². The molecule has 0 bridgehead atoms. The molecule has 148 valence electrons. The van der Waals surface area contributed by atoms with Crippen molar-refractivity contribution in [2.45, 2.75) is 6.04 Å². The second-order valence-corrected chi connectivity index (χ2v) is 6.97. The minimum Gasteiger partial charge on any atom is -0.497 e. The fourth-order valence-corrected chi connectivity index (χ4v) is 3.68. The smallest absolute Gasteiger partial charge is 0.227 e. The van der Waals surface area contributed by atoms with Gasteiger partial charge in [0.1, 0.15) is 5.75 Å². The first-order chi connectivity index (χ1) is 14.8. The number of hydrogen-bond acceptors (Lipinski definition) is 6. The van der Waals surface area contributed by atoms with E-state index in [9.17, 15) is 0 Å². The normalized spacial score (nSPS) is 17.0. The molecule has 2 aliphatic heterocycles. The lowest BCUT2D eigenvalue weighted by atomic mass is 9.98. The summed E-state index contributed by atoms with van der Waals surface area (Å²) in [5.74, 6) is 1.31. The van der Waals surface area contributed by atoms with Crippen molar-refractivity contribution in [3.05, 3.63) is 103 Å². The van der Waals surface area contributed by atoms with Gasteiger partial charge < -0.3 is 10.1 Å². The minimum atomic E-state index is 0.0600. The second kappa shape index (κ2) is 7.75. The summed E-state index contributed by atoms with van der Waals surface area (Å²) in [7, 11) is 1.65. The number of nitrogens with one attached hydrogen (secondary N) is 2. The highest BCUT2D eigenvalue weighted by molar-refractivity contribution is 5.94. The Kier molecular flexibility index (Phi) is 4.65. The summed E-state index contributed by atoms with van der Waals surface area (Å²) in [5, 5.41) is 5.37. The fourth-order valence-electron chi connectivity index (χ4n) is 3.68. The van der Waals surface area contributed by atoms with Crippen LogP contribution >= 0.6 is 0 Å². The van der Waals surface area contributed by atoms with Crippen LogP contribution in [0.2, 0.25) is 0 Å². The van der Waals surface area contributed by atoms with Crippen LogP contribution in [0.1, 0.15) is 11.3 Å². The lowest BCUT2D eigenvalue weighted by Crippen LogP contribution is -2.34. The van der Waals surface area contributed by atoms with E-state index in [0.717, 1.165) is 34.0 Å². The first-order valence-electron chi connectivity index (χ1n) is 9.76. The van der Waals surface area contributed by atoms with Crippen LogP contribution in [0.3, 0.4) is 0 Å². The Morgan fingerprint density at radius 3 is 2.80 bits per heavy atom. The van der Waals surface area contributed by atoms with Gasteiger partial charge in [-0.05, 0) is 29.8 Å². The third-order valence-corrected chi connectivity index (χ3v) is 5.08. The van der Waals surface area contributed by atoms with Crippen molar-refractivity contribution in [1.82, 2.24) is 20.4 Å². The van der Waals surface area contributed by atoms with Crippen LogP contribution in [0, 0.1) is 0 Å². The lowest BCUT2D eigenvalue weighted by Gasteiger charge is -2.24. The van der Waals surface area contributed by atoms with Gasteiger partial charge in [-0.1, -0.05) is 48.6 Å². The highest BCUT2D eigenvalue weighted by Crippen LogP contribution is 2.36. The maximum atomic E-state index is 5.30. The van der Waals surface area contributed by atoms with Crippen molar-refractivity contribution in [3.63, 3.8) is 0 Å². The molecule has 0 saturated heterocycles. The largest absolute Gasteiger partial charge is 0.497 e. The third kappa shape index (κ3) is 3.39. The molecule has 0 saturated carbocycles. The number of fused-ring (bicyclic) bond motifs is 1.